The molecule has 0 aliphatic rings. The molecular weight excluding hydrogens is 198 g/mol. The number of rotatable bonds is 6. The van der Waals surface area contributed by atoms with Crippen LogP contribution in [0.25, 0.3) is 6.08 Å². The van der Waals surface area contributed by atoms with E-state index in [1.165, 1.54) is 11.1 Å². The second-order valence-electron chi connectivity index (χ2n) is 3.69. The van der Waals surface area contributed by atoms with Crippen LogP contribution in [-0.4, -0.2) is 20.2 Å². The van der Waals surface area contributed by atoms with E-state index in [0.29, 0.717) is 6.61 Å². The van der Waals surface area contributed by atoms with Crippen molar-refractivity contribution in [3.63, 3.8) is 0 Å². The summed E-state index contributed by atoms with van der Waals surface area (Å²) in [6.07, 6.45) is 3.29. The molecule has 0 aliphatic carbocycles. The number of hydrogen-bond acceptors (Lipinski definition) is 2. The average Bonchev–Trinajstić information content (AvgIpc) is 2.29. The minimum atomic E-state index is 0.713. The van der Waals surface area contributed by atoms with Gasteiger partial charge in [-0.25, -0.2) is 0 Å². The van der Waals surface area contributed by atoms with Crippen LogP contribution in [0.5, 0.6) is 5.75 Å². The van der Waals surface area contributed by atoms with Crippen molar-refractivity contribution < 1.29 is 4.74 Å². The van der Waals surface area contributed by atoms with Crippen LogP contribution in [-0.2, 0) is 0 Å². The monoisotopic (exact) mass is 219 g/mol. The summed E-state index contributed by atoms with van der Waals surface area (Å²) in [5.74, 6) is 0.941. The molecular formula is C14H21NO. The first kappa shape index (κ1) is 12.8. The Bertz CT molecular complexity index is 344. The molecule has 88 valence electrons. The highest BCUT2D eigenvalue weighted by Gasteiger charge is 1.96. The molecule has 0 heterocycles. The van der Waals surface area contributed by atoms with Gasteiger partial charge in [-0.3, -0.25) is 0 Å². The molecule has 0 radical (unpaired) electrons. The van der Waals surface area contributed by atoms with Crippen molar-refractivity contribution in [1.82, 2.24) is 5.32 Å². The van der Waals surface area contributed by atoms with Gasteiger partial charge in [0.15, 0.2) is 0 Å². The summed E-state index contributed by atoms with van der Waals surface area (Å²) in [7, 11) is 1.97. The maximum absolute atomic E-state index is 5.48. The highest BCUT2D eigenvalue weighted by atomic mass is 16.5. The van der Waals surface area contributed by atoms with Crippen LogP contribution in [0.4, 0.5) is 0 Å². The zero-order valence-electron chi connectivity index (χ0n) is 10.4. The zero-order chi connectivity index (χ0) is 11.8. The Hall–Kier alpha value is -1.28. The summed E-state index contributed by atoms with van der Waals surface area (Å²) in [5, 5.41) is 3.18. The Kier molecular flexibility index (Phi) is 5.65. The van der Waals surface area contributed by atoms with E-state index in [1.54, 1.807) is 0 Å². The highest BCUT2D eigenvalue weighted by molar-refractivity contribution is 5.55. The molecule has 1 rings (SSSR count). The van der Waals surface area contributed by atoms with E-state index in [-0.39, 0.29) is 0 Å². The molecule has 0 amide bonds. The minimum Gasteiger partial charge on any atom is -0.494 e. The van der Waals surface area contributed by atoms with Crippen LogP contribution in [0.1, 0.15) is 25.8 Å². The molecule has 1 N–H and O–H groups in total. The van der Waals surface area contributed by atoms with Gasteiger partial charge in [0.25, 0.3) is 0 Å². The molecule has 0 aliphatic heterocycles. The molecule has 16 heavy (non-hydrogen) atoms. The summed E-state index contributed by atoms with van der Waals surface area (Å²) < 4.78 is 5.48. The van der Waals surface area contributed by atoms with Crippen LogP contribution >= 0.6 is 0 Å². The number of ether oxygens (including phenoxy) is 1. The predicted octanol–water partition coefficient (Wildman–Crippen LogP) is 3.10. The molecule has 0 atom stereocenters. The zero-order valence-corrected chi connectivity index (χ0v) is 10.4. The minimum absolute atomic E-state index is 0.713. The quantitative estimate of drug-likeness (QED) is 0.793. The summed E-state index contributed by atoms with van der Waals surface area (Å²) in [6.45, 7) is 5.83. The van der Waals surface area contributed by atoms with E-state index < -0.39 is 0 Å². The molecule has 0 saturated heterocycles. The SMILES string of the molecule is CCOc1cccc(C=C(CC)CNC)c1. The molecule has 1 aromatic carbocycles. The Balaban J connectivity index is 2.82. The van der Waals surface area contributed by atoms with Gasteiger partial charge < -0.3 is 10.1 Å². The first-order valence-corrected chi connectivity index (χ1v) is 5.87. The van der Waals surface area contributed by atoms with Crippen molar-refractivity contribution >= 4 is 6.08 Å². The Morgan fingerprint density at radius 1 is 1.38 bits per heavy atom. The molecule has 1 aromatic rings. The fourth-order valence-electron chi connectivity index (χ4n) is 1.60. The fourth-order valence-corrected chi connectivity index (χ4v) is 1.60. The third kappa shape index (κ3) is 4.07. The molecule has 0 spiro atoms. The lowest BCUT2D eigenvalue weighted by Crippen LogP contribution is -2.09. The third-order valence-corrected chi connectivity index (χ3v) is 2.40. The fraction of sp³-hybridized carbons (Fsp3) is 0.429. The largest absolute Gasteiger partial charge is 0.494 e. The summed E-state index contributed by atoms with van der Waals surface area (Å²) >= 11 is 0. The van der Waals surface area contributed by atoms with E-state index in [4.69, 9.17) is 4.74 Å². The normalized spacial score (nSPS) is 11.6. The molecule has 0 fully saturated rings. The Morgan fingerprint density at radius 2 is 2.19 bits per heavy atom. The maximum Gasteiger partial charge on any atom is 0.119 e. The molecule has 0 saturated carbocycles. The number of likely N-dealkylation sites (N-methyl/N-ethyl adjacent to an activating group) is 1. The predicted molar refractivity (Wildman–Crippen MR) is 69.8 cm³/mol. The van der Waals surface area contributed by atoms with Crippen molar-refractivity contribution in [2.75, 3.05) is 20.2 Å². The number of hydrogen-bond donors (Lipinski definition) is 1. The van der Waals surface area contributed by atoms with Crippen molar-refractivity contribution in [2.24, 2.45) is 0 Å². The first-order chi connectivity index (χ1) is 7.80. The molecule has 0 unspecified atom stereocenters. The van der Waals surface area contributed by atoms with Crippen LogP contribution < -0.4 is 10.1 Å². The van der Waals surface area contributed by atoms with E-state index in [2.05, 4.69) is 30.4 Å². The van der Waals surface area contributed by atoms with Gasteiger partial charge in [0.1, 0.15) is 5.75 Å². The van der Waals surface area contributed by atoms with Crippen molar-refractivity contribution in [3.8, 4) is 5.75 Å². The summed E-state index contributed by atoms with van der Waals surface area (Å²) in [4.78, 5) is 0. The van der Waals surface area contributed by atoms with Gasteiger partial charge in [-0.2, -0.15) is 0 Å². The standard InChI is InChI=1S/C14H21NO/c1-4-12(11-15-3)9-13-7-6-8-14(10-13)16-5-2/h6-10,15H,4-5,11H2,1-3H3. The van der Waals surface area contributed by atoms with Gasteiger partial charge in [-0.05, 0) is 38.1 Å². The topological polar surface area (TPSA) is 21.3 Å². The molecule has 2 heteroatoms. The van der Waals surface area contributed by atoms with Crippen molar-refractivity contribution in [3.05, 3.63) is 35.4 Å². The first-order valence-electron chi connectivity index (χ1n) is 5.87. The lowest BCUT2D eigenvalue weighted by atomic mass is 10.1. The van der Waals surface area contributed by atoms with Gasteiger partial charge in [-0.1, -0.05) is 30.7 Å². The van der Waals surface area contributed by atoms with Crippen LogP contribution in [0.2, 0.25) is 0 Å². The lowest BCUT2D eigenvalue weighted by molar-refractivity contribution is 0.340. The van der Waals surface area contributed by atoms with Crippen LogP contribution in [0.15, 0.2) is 29.8 Å². The summed E-state index contributed by atoms with van der Waals surface area (Å²) in [5.41, 5.74) is 2.61. The van der Waals surface area contributed by atoms with Gasteiger partial charge in [0.2, 0.25) is 0 Å². The second-order valence-corrected chi connectivity index (χ2v) is 3.69. The van der Waals surface area contributed by atoms with E-state index in [0.717, 1.165) is 18.7 Å². The van der Waals surface area contributed by atoms with Gasteiger partial charge in [0.05, 0.1) is 6.61 Å². The molecule has 0 aromatic heterocycles. The lowest BCUT2D eigenvalue weighted by Gasteiger charge is -2.06. The van der Waals surface area contributed by atoms with Crippen LogP contribution in [0, 0.1) is 0 Å². The van der Waals surface area contributed by atoms with Gasteiger partial charge >= 0.3 is 0 Å². The Morgan fingerprint density at radius 3 is 2.81 bits per heavy atom. The third-order valence-electron chi connectivity index (χ3n) is 2.40. The number of nitrogens with one attached hydrogen (secondary N) is 1. The van der Waals surface area contributed by atoms with Gasteiger partial charge in [-0.15, -0.1) is 0 Å². The maximum atomic E-state index is 5.48. The van der Waals surface area contributed by atoms with Gasteiger partial charge in [0, 0.05) is 6.54 Å². The smallest absolute Gasteiger partial charge is 0.119 e. The van der Waals surface area contributed by atoms with Crippen LogP contribution in [0.3, 0.4) is 0 Å². The van der Waals surface area contributed by atoms with Crippen molar-refractivity contribution in [2.45, 2.75) is 20.3 Å². The van der Waals surface area contributed by atoms with Crippen molar-refractivity contribution in [1.29, 1.82) is 0 Å². The number of benzene rings is 1. The highest BCUT2D eigenvalue weighted by Crippen LogP contribution is 2.16. The Labute approximate surface area is 98.3 Å². The molecule has 0 bridgehead atoms. The molecule has 2 nitrogen and oxygen atoms in total. The van der Waals surface area contributed by atoms with E-state index in [9.17, 15) is 0 Å². The van der Waals surface area contributed by atoms with E-state index >= 15 is 0 Å². The summed E-state index contributed by atoms with van der Waals surface area (Å²) in [6, 6.07) is 8.21. The van der Waals surface area contributed by atoms with E-state index in [1.807, 2.05) is 26.1 Å². The average molecular weight is 219 g/mol. The second kappa shape index (κ2) is 7.07.